The van der Waals surface area contributed by atoms with Crippen molar-refractivity contribution in [3.63, 3.8) is 0 Å². The first-order chi connectivity index (χ1) is 7.93. The predicted molar refractivity (Wildman–Crippen MR) is 59.3 cm³/mol. The molecular weight excluding hydrogens is 266 g/mol. The average Bonchev–Trinajstić information content (AvgIpc) is 2.84. The molecule has 1 aliphatic rings. The van der Waals surface area contributed by atoms with Crippen LogP contribution in [0.4, 0.5) is 0 Å². The molecule has 17 heavy (non-hydrogen) atoms. The Kier molecular flexibility index (Phi) is 3.02. The molecule has 1 saturated heterocycles. The van der Waals surface area contributed by atoms with Gasteiger partial charge in [0.15, 0.2) is 0 Å². The molecule has 0 amide bonds. The van der Waals surface area contributed by atoms with E-state index in [9.17, 15) is 18.0 Å². The highest BCUT2D eigenvalue weighted by atomic mass is 32.2. The molecule has 0 aromatic carbocycles. The van der Waals surface area contributed by atoms with Crippen LogP contribution in [-0.4, -0.2) is 42.2 Å². The smallest absolute Gasteiger partial charge is 0.322 e. The van der Waals surface area contributed by atoms with Gasteiger partial charge < -0.3 is 5.11 Å². The van der Waals surface area contributed by atoms with Crippen molar-refractivity contribution in [2.45, 2.75) is 16.7 Å². The molecular formula is C9H9NO5S2. The van der Waals surface area contributed by atoms with Crippen molar-refractivity contribution in [1.29, 1.82) is 0 Å². The van der Waals surface area contributed by atoms with Gasteiger partial charge in [0.25, 0.3) is 10.0 Å². The van der Waals surface area contributed by atoms with Gasteiger partial charge in [0.1, 0.15) is 16.0 Å². The van der Waals surface area contributed by atoms with Crippen LogP contribution in [0.5, 0.6) is 0 Å². The summed E-state index contributed by atoms with van der Waals surface area (Å²) in [5, 5.41) is 10.5. The Morgan fingerprint density at radius 1 is 1.53 bits per heavy atom. The minimum absolute atomic E-state index is 0.0541. The molecule has 1 aromatic heterocycles. The van der Waals surface area contributed by atoms with Crippen molar-refractivity contribution >= 4 is 33.1 Å². The molecule has 2 heterocycles. The molecule has 1 fully saturated rings. The van der Waals surface area contributed by atoms with E-state index in [-0.39, 0.29) is 23.0 Å². The molecule has 6 nitrogen and oxygen atoms in total. The van der Waals surface area contributed by atoms with Crippen LogP contribution in [0, 0.1) is 0 Å². The zero-order valence-corrected chi connectivity index (χ0v) is 10.2. The van der Waals surface area contributed by atoms with Gasteiger partial charge in [-0.25, -0.2) is 8.42 Å². The topological polar surface area (TPSA) is 91.8 Å². The molecule has 1 atom stereocenters. The maximum Gasteiger partial charge on any atom is 0.322 e. The summed E-state index contributed by atoms with van der Waals surface area (Å²) in [6, 6.07) is 1.67. The van der Waals surface area contributed by atoms with Gasteiger partial charge in [0, 0.05) is 6.42 Å². The second kappa shape index (κ2) is 4.21. The van der Waals surface area contributed by atoms with Crippen molar-refractivity contribution < 1.29 is 23.1 Å². The zero-order chi connectivity index (χ0) is 12.6. The highest BCUT2D eigenvalue weighted by Crippen LogP contribution is 2.27. The van der Waals surface area contributed by atoms with E-state index < -0.39 is 22.0 Å². The highest BCUT2D eigenvalue weighted by molar-refractivity contribution is 7.91. The monoisotopic (exact) mass is 275 g/mol. The van der Waals surface area contributed by atoms with Gasteiger partial charge in [-0.2, -0.15) is 4.31 Å². The van der Waals surface area contributed by atoms with Crippen LogP contribution in [0.3, 0.4) is 0 Å². The van der Waals surface area contributed by atoms with E-state index in [2.05, 4.69) is 0 Å². The minimum atomic E-state index is -3.87. The molecule has 1 aromatic rings. The first-order valence-corrected chi connectivity index (χ1v) is 7.05. The lowest BCUT2D eigenvalue weighted by molar-refractivity contribution is -0.141. The number of carbonyl (C=O) groups is 2. The van der Waals surface area contributed by atoms with Crippen molar-refractivity contribution in [2.75, 3.05) is 6.54 Å². The molecule has 92 valence electrons. The Bertz CT molecular complexity index is 548. The number of rotatable bonds is 3. The minimum Gasteiger partial charge on any atom is -0.480 e. The number of thiophene rings is 1. The Hall–Kier alpha value is -1.25. The van der Waals surface area contributed by atoms with Crippen LogP contribution >= 0.6 is 11.3 Å². The number of nitrogens with zero attached hydrogens (tertiary/aromatic N) is 1. The SMILES string of the molecule is O=C1CC(C(=O)O)N(S(=O)(=O)c2cccs2)C1. The van der Waals surface area contributed by atoms with Crippen LogP contribution in [0.2, 0.25) is 0 Å². The fraction of sp³-hybridized carbons (Fsp3) is 0.333. The molecule has 0 bridgehead atoms. The van der Waals surface area contributed by atoms with Gasteiger partial charge in [0.05, 0.1) is 6.54 Å². The lowest BCUT2D eigenvalue weighted by atomic mass is 10.2. The van der Waals surface area contributed by atoms with Crippen LogP contribution in [0.25, 0.3) is 0 Å². The van der Waals surface area contributed by atoms with Crippen LogP contribution in [0.1, 0.15) is 6.42 Å². The summed E-state index contributed by atoms with van der Waals surface area (Å²) in [7, 11) is -3.87. The second-order valence-corrected chi connectivity index (χ2v) is 6.64. The molecule has 1 unspecified atom stereocenters. The van der Waals surface area contributed by atoms with Gasteiger partial charge in [-0.15, -0.1) is 11.3 Å². The lowest BCUT2D eigenvalue weighted by Crippen LogP contribution is -2.40. The molecule has 8 heteroatoms. The van der Waals surface area contributed by atoms with E-state index >= 15 is 0 Å². The summed E-state index contributed by atoms with van der Waals surface area (Å²) in [4.78, 5) is 22.1. The number of hydrogen-bond acceptors (Lipinski definition) is 5. The Labute approximate surface area is 102 Å². The largest absolute Gasteiger partial charge is 0.480 e. The number of carbonyl (C=O) groups excluding carboxylic acids is 1. The molecule has 1 aliphatic heterocycles. The van der Waals surface area contributed by atoms with E-state index in [4.69, 9.17) is 5.11 Å². The normalized spacial score (nSPS) is 21.9. The Balaban J connectivity index is 2.40. The third-order valence-corrected chi connectivity index (χ3v) is 5.67. The van der Waals surface area contributed by atoms with Gasteiger partial charge in [-0.3, -0.25) is 9.59 Å². The molecule has 2 rings (SSSR count). The van der Waals surface area contributed by atoms with Gasteiger partial charge in [-0.05, 0) is 11.4 Å². The maximum atomic E-state index is 12.1. The Morgan fingerprint density at radius 3 is 2.76 bits per heavy atom. The lowest BCUT2D eigenvalue weighted by Gasteiger charge is -2.18. The number of Topliss-reactive ketones (excluding diaryl/α,β-unsaturated/α-hetero) is 1. The summed E-state index contributed by atoms with van der Waals surface area (Å²) < 4.78 is 25.0. The van der Waals surface area contributed by atoms with Crippen molar-refractivity contribution in [3.05, 3.63) is 17.5 Å². The maximum absolute atomic E-state index is 12.1. The number of ketones is 1. The van der Waals surface area contributed by atoms with E-state index in [0.717, 1.165) is 15.6 Å². The predicted octanol–water partition coefficient (Wildman–Crippen LogP) is 0.165. The van der Waals surface area contributed by atoms with Gasteiger partial charge in [-0.1, -0.05) is 6.07 Å². The number of sulfonamides is 1. The third-order valence-electron chi connectivity index (χ3n) is 2.44. The quantitative estimate of drug-likeness (QED) is 0.848. The fourth-order valence-electron chi connectivity index (χ4n) is 1.65. The van der Waals surface area contributed by atoms with Crippen LogP contribution in [-0.2, 0) is 19.6 Å². The van der Waals surface area contributed by atoms with Gasteiger partial charge in [0.2, 0.25) is 0 Å². The number of carboxylic acid groups (broad SMARTS) is 1. The highest BCUT2D eigenvalue weighted by Gasteiger charge is 2.43. The van der Waals surface area contributed by atoms with E-state index in [1.54, 1.807) is 11.4 Å². The van der Waals surface area contributed by atoms with Crippen molar-refractivity contribution in [2.24, 2.45) is 0 Å². The first-order valence-electron chi connectivity index (χ1n) is 4.73. The third kappa shape index (κ3) is 2.11. The summed E-state index contributed by atoms with van der Waals surface area (Å²) in [5.41, 5.74) is 0. The van der Waals surface area contributed by atoms with Crippen molar-refractivity contribution in [1.82, 2.24) is 4.31 Å². The first kappa shape index (κ1) is 12.2. The Morgan fingerprint density at radius 2 is 2.24 bits per heavy atom. The number of hydrogen-bond donors (Lipinski definition) is 1. The number of carboxylic acids is 1. The standard InChI is InChI=1S/C9H9NO5S2/c11-6-4-7(9(12)13)10(5-6)17(14,15)8-2-1-3-16-8/h1-3,7H,4-5H2,(H,12,13). The second-order valence-electron chi connectivity index (χ2n) is 3.58. The fourth-order valence-corrected chi connectivity index (χ4v) is 4.34. The van der Waals surface area contributed by atoms with E-state index in [1.165, 1.54) is 6.07 Å². The molecule has 0 radical (unpaired) electrons. The molecule has 0 aliphatic carbocycles. The summed E-state index contributed by atoms with van der Waals surface area (Å²) in [6.45, 7) is -0.364. The van der Waals surface area contributed by atoms with E-state index in [0.29, 0.717) is 0 Å². The van der Waals surface area contributed by atoms with Crippen LogP contribution in [0.15, 0.2) is 21.7 Å². The summed E-state index contributed by atoms with van der Waals surface area (Å²) >= 11 is 0.998. The zero-order valence-electron chi connectivity index (χ0n) is 8.57. The van der Waals surface area contributed by atoms with Gasteiger partial charge >= 0.3 is 5.97 Å². The van der Waals surface area contributed by atoms with E-state index in [1.807, 2.05) is 0 Å². The molecule has 0 saturated carbocycles. The molecule has 0 spiro atoms. The average molecular weight is 275 g/mol. The van der Waals surface area contributed by atoms with Crippen molar-refractivity contribution in [3.8, 4) is 0 Å². The number of aliphatic carboxylic acids is 1. The van der Waals surface area contributed by atoms with Crippen LogP contribution < -0.4 is 0 Å². The summed E-state index contributed by atoms with van der Waals surface area (Å²) in [6.07, 6.45) is -0.264. The summed E-state index contributed by atoms with van der Waals surface area (Å²) in [5.74, 6) is -1.67. The molecule has 1 N–H and O–H groups in total.